The minimum absolute atomic E-state index is 0.00736. The van der Waals surface area contributed by atoms with E-state index in [1.807, 2.05) is 0 Å². The van der Waals surface area contributed by atoms with Crippen LogP contribution in [0.25, 0.3) is 0 Å². The van der Waals surface area contributed by atoms with Crippen molar-refractivity contribution in [2.45, 2.75) is 12.6 Å². The van der Waals surface area contributed by atoms with Crippen LogP contribution in [0.15, 0.2) is 28.8 Å². The van der Waals surface area contributed by atoms with Gasteiger partial charge in [-0.05, 0) is 18.2 Å². The predicted molar refractivity (Wildman–Crippen MR) is 77.5 cm³/mol. The Morgan fingerprint density at radius 2 is 2.04 bits per heavy atom. The first-order chi connectivity index (χ1) is 11.8. The highest BCUT2D eigenvalue weighted by molar-refractivity contribution is 5.92. The molecule has 0 saturated heterocycles. The Morgan fingerprint density at radius 1 is 1.28 bits per heavy atom. The SMILES string of the molecule is O=C(Cc1noc(C(=O)NCCO)n1)Nc1cccc(C(F)(F)F)c1. The van der Waals surface area contributed by atoms with Crippen molar-refractivity contribution in [3.8, 4) is 0 Å². The summed E-state index contributed by atoms with van der Waals surface area (Å²) in [6.07, 6.45) is -4.92. The largest absolute Gasteiger partial charge is 0.416 e. The van der Waals surface area contributed by atoms with Gasteiger partial charge in [-0.3, -0.25) is 9.59 Å². The monoisotopic (exact) mass is 358 g/mol. The third kappa shape index (κ3) is 5.28. The molecule has 0 bridgehead atoms. The highest BCUT2D eigenvalue weighted by Crippen LogP contribution is 2.30. The van der Waals surface area contributed by atoms with Crippen LogP contribution >= 0.6 is 0 Å². The molecule has 0 radical (unpaired) electrons. The van der Waals surface area contributed by atoms with Gasteiger partial charge in [-0.1, -0.05) is 11.2 Å². The molecule has 0 fully saturated rings. The zero-order valence-electron chi connectivity index (χ0n) is 12.6. The number of aliphatic hydroxyl groups excluding tert-OH is 1. The van der Waals surface area contributed by atoms with Gasteiger partial charge in [0.25, 0.3) is 0 Å². The molecular weight excluding hydrogens is 345 g/mol. The number of rotatable bonds is 6. The zero-order valence-corrected chi connectivity index (χ0v) is 12.6. The number of anilines is 1. The molecule has 0 saturated carbocycles. The molecule has 0 unspecified atom stereocenters. The van der Waals surface area contributed by atoms with Gasteiger partial charge in [0.05, 0.1) is 18.6 Å². The van der Waals surface area contributed by atoms with E-state index in [2.05, 4.69) is 25.3 Å². The number of hydrogen-bond donors (Lipinski definition) is 3. The Kier molecular flexibility index (Phi) is 5.70. The molecule has 134 valence electrons. The zero-order chi connectivity index (χ0) is 18.4. The molecule has 8 nitrogen and oxygen atoms in total. The molecule has 0 aliphatic rings. The molecule has 0 atom stereocenters. The van der Waals surface area contributed by atoms with Crippen molar-refractivity contribution < 1.29 is 32.4 Å². The number of hydrogen-bond acceptors (Lipinski definition) is 6. The van der Waals surface area contributed by atoms with Crippen molar-refractivity contribution in [3.63, 3.8) is 0 Å². The lowest BCUT2D eigenvalue weighted by Gasteiger charge is -2.09. The third-order valence-corrected chi connectivity index (χ3v) is 2.85. The van der Waals surface area contributed by atoms with Crippen LogP contribution in [0.1, 0.15) is 22.1 Å². The van der Waals surface area contributed by atoms with Crippen LogP contribution in [-0.4, -0.2) is 40.2 Å². The lowest BCUT2D eigenvalue weighted by Crippen LogP contribution is -2.26. The average Bonchev–Trinajstić information content (AvgIpc) is 3.00. The van der Waals surface area contributed by atoms with Crippen LogP contribution < -0.4 is 10.6 Å². The van der Waals surface area contributed by atoms with Crippen LogP contribution in [0.2, 0.25) is 0 Å². The fourth-order valence-corrected chi connectivity index (χ4v) is 1.79. The highest BCUT2D eigenvalue weighted by Gasteiger charge is 2.30. The van der Waals surface area contributed by atoms with Gasteiger partial charge in [0.15, 0.2) is 5.82 Å². The van der Waals surface area contributed by atoms with E-state index < -0.39 is 35.9 Å². The number of amides is 2. The van der Waals surface area contributed by atoms with Gasteiger partial charge in [0.2, 0.25) is 5.91 Å². The molecule has 0 aliphatic carbocycles. The fourth-order valence-electron chi connectivity index (χ4n) is 1.79. The highest BCUT2D eigenvalue weighted by atomic mass is 19.4. The summed E-state index contributed by atoms with van der Waals surface area (Å²) in [4.78, 5) is 27.0. The van der Waals surface area contributed by atoms with E-state index >= 15 is 0 Å². The van der Waals surface area contributed by atoms with Crippen molar-refractivity contribution in [1.82, 2.24) is 15.5 Å². The number of carbonyl (C=O) groups is 2. The molecule has 2 rings (SSSR count). The maximum atomic E-state index is 12.6. The molecule has 2 amide bonds. The molecule has 11 heteroatoms. The molecule has 0 spiro atoms. The summed E-state index contributed by atoms with van der Waals surface area (Å²) in [6.45, 7) is -0.279. The molecular formula is C14H13F3N4O4. The average molecular weight is 358 g/mol. The number of alkyl halides is 3. The number of aromatic nitrogens is 2. The summed E-state index contributed by atoms with van der Waals surface area (Å²) in [5.74, 6) is -1.90. The second-order valence-electron chi connectivity index (χ2n) is 4.80. The molecule has 25 heavy (non-hydrogen) atoms. The maximum absolute atomic E-state index is 12.6. The van der Waals surface area contributed by atoms with Gasteiger partial charge in [-0.2, -0.15) is 18.2 Å². The topological polar surface area (TPSA) is 117 Å². The number of aliphatic hydroxyl groups is 1. The van der Waals surface area contributed by atoms with E-state index in [1.54, 1.807) is 0 Å². The van der Waals surface area contributed by atoms with Crippen LogP contribution in [-0.2, 0) is 17.4 Å². The Bertz CT molecular complexity index is 761. The van der Waals surface area contributed by atoms with Crippen molar-refractivity contribution in [1.29, 1.82) is 0 Å². The standard InChI is InChI=1S/C14H13F3N4O4/c15-14(16,17)8-2-1-3-9(6-8)19-11(23)7-10-20-13(25-21-10)12(24)18-4-5-22/h1-3,6,22H,4-5,7H2,(H,18,24)(H,19,23). The molecule has 1 aromatic heterocycles. The van der Waals surface area contributed by atoms with Crippen LogP contribution in [0.3, 0.4) is 0 Å². The van der Waals surface area contributed by atoms with Crippen molar-refractivity contribution in [2.75, 3.05) is 18.5 Å². The number of nitrogens with zero attached hydrogens (tertiary/aromatic N) is 2. The lowest BCUT2D eigenvalue weighted by molar-refractivity contribution is -0.137. The molecule has 0 aliphatic heterocycles. The van der Waals surface area contributed by atoms with E-state index in [0.717, 1.165) is 18.2 Å². The quantitative estimate of drug-likeness (QED) is 0.709. The minimum Gasteiger partial charge on any atom is -0.395 e. The number of carbonyl (C=O) groups excluding carboxylic acids is 2. The summed E-state index contributed by atoms with van der Waals surface area (Å²) < 4.78 is 42.5. The van der Waals surface area contributed by atoms with E-state index in [1.165, 1.54) is 6.07 Å². The van der Waals surface area contributed by atoms with Gasteiger partial charge in [0.1, 0.15) is 0 Å². The Labute approximate surface area is 139 Å². The number of benzene rings is 1. The minimum atomic E-state index is -4.52. The first kappa shape index (κ1) is 18.4. The first-order valence-corrected chi connectivity index (χ1v) is 6.98. The van der Waals surface area contributed by atoms with E-state index in [0.29, 0.717) is 0 Å². The summed E-state index contributed by atoms with van der Waals surface area (Å²) in [7, 11) is 0. The second kappa shape index (κ2) is 7.75. The summed E-state index contributed by atoms with van der Waals surface area (Å²) in [5, 5.41) is 16.6. The van der Waals surface area contributed by atoms with Gasteiger partial charge in [0, 0.05) is 12.2 Å². The van der Waals surface area contributed by atoms with E-state index in [9.17, 15) is 22.8 Å². The first-order valence-electron chi connectivity index (χ1n) is 6.98. The molecule has 3 N–H and O–H groups in total. The lowest BCUT2D eigenvalue weighted by atomic mass is 10.2. The Morgan fingerprint density at radius 3 is 2.72 bits per heavy atom. The van der Waals surface area contributed by atoms with Crippen LogP contribution in [0.5, 0.6) is 0 Å². The number of nitrogens with one attached hydrogen (secondary N) is 2. The third-order valence-electron chi connectivity index (χ3n) is 2.85. The molecule has 1 heterocycles. The molecule has 2 aromatic rings. The number of halogens is 3. The fraction of sp³-hybridized carbons (Fsp3) is 0.286. The van der Waals surface area contributed by atoms with Crippen LogP contribution in [0, 0.1) is 0 Å². The van der Waals surface area contributed by atoms with Gasteiger partial charge >= 0.3 is 18.0 Å². The van der Waals surface area contributed by atoms with Crippen LogP contribution in [0.4, 0.5) is 18.9 Å². The molecule has 1 aromatic carbocycles. The summed E-state index contributed by atoms with van der Waals surface area (Å²) in [5.41, 5.74) is -0.933. The second-order valence-corrected chi connectivity index (χ2v) is 4.80. The van der Waals surface area contributed by atoms with Crippen molar-refractivity contribution in [2.24, 2.45) is 0 Å². The van der Waals surface area contributed by atoms with Crippen molar-refractivity contribution >= 4 is 17.5 Å². The van der Waals surface area contributed by atoms with Gasteiger partial charge < -0.3 is 20.3 Å². The van der Waals surface area contributed by atoms with E-state index in [-0.39, 0.29) is 24.7 Å². The van der Waals surface area contributed by atoms with Gasteiger partial charge in [-0.25, -0.2) is 0 Å². The van der Waals surface area contributed by atoms with Crippen molar-refractivity contribution in [3.05, 3.63) is 41.5 Å². The summed E-state index contributed by atoms with van der Waals surface area (Å²) >= 11 is 0. The predicted octanol–water partition coefficient (Wildman–Crippen LogP) is 0.992. The van der Waals surface area contributed by atoms with E-state index in [4.69, 9.17) is 5.11 Å². The Balaban J connectivity index is 1.97. The van der Waals surface area contributed by atoms with Gasteiger partial charge in [-0.15, -0.1) is 0 Å². The smallest absolute Gasteiger partial charge is 0.395 e. The normalized spacial score (nSPS) is 11.2. The summed E-state index contributed by atoms with van der Waals surface area (Å²) in [6, 6.07) is 4.14. The maximum Gasteiger partial charge on any atom is 0.416 e. The Hall–Kier alpha value is -2.95.